The molecular weight excluding hydrogens is 224 g/mol. The molecule has 0 saturated heterocycles. The fourth-order valence-corrected chi connectivity index (χ4v) is 1.74. The molecule has 0 bridgehead atoms. The Bertz CT molecular complexity index is 473. The van der Waals surface area contributed by atoms with E-state index < -0.39 is 4.92 Å². The molecule has 6 nitrogen and oxygen atoms in total. The van der Waals surface area contributed by atoms with Crippen molar-refractivity contribution in [2.24, 2.45) is 0 Å². The first-order valence-electron chi connectivity index (χ1n) is 5.34. The number of nitro groups is 1. The van der Waals surface area contributed by atoms with E-state index in [2.05, 4.69) is 0 Å². The van der Waals surface area contributed by atoms with Gasteiger partial charge in [0.05, 0.1) is 10.5 Å². The van der Waals surface area contributed by atoms with E-state index in [4.69, 9.17) is 4.74 Å². The first-order valence-corrected chi connectivity index (χ1v) is 5.34. The number of fused-ring (bicyclic) bond motifs is 1. The number of nitro benzene ring substituents is 1. The van der Waals surface area contributed by atoms with Gasteiger partial charge in [-0.05, 0) is 12.5 Å². The maximum absolute atomic E-state index is 12.0. The number of nitrogens with zero attached hydrogens (tertiary/aromatic N) is 2. The minimum atomic E-state index is -0.522. The molecule has 1 aliphatic rings. The maximum Gasteiger partial charge on any atom is 0.270 e. The van der Waals surface area contributed by atoms with Crippen LogP contribution < -0.4 is 4.74 Å². The van der Waals surface area contributed by atoms with Gasteiger partial charge >= 0.3 is 0 Å². The first kappa shape index (κ1) is 11.4. The van der Waals surface area contributed by atoms with Crippen molar-refractivity contribution in [3.63, 3.8) is 0 Å². The standard InChI is InChI=1S/C11H12N2O4/c1-2-5-12-7-17-10-4-3-8(13(15)16)6-9(10)11(12)14/h3-4,6H,2,5,7H2,1H3. The van der Waals surface area contributed by atoms with Gasteiger partial charge in [-0.25, -0.2) is 0 Å². The predicted molar refractivity (Wildman–Crippen MR) is 59.9 cm³/mol. The van der Waals surface area contributed by atoms with E-state index in [9.17, 15) is 14.9 Å². The molecule has 0 saturated carbocycles. The SMILES string of the molecule is CCCN1COc2ccc([N+](=O)[O-])cc2C1=O. The topological polar surface area (TPSA) is 72.7 Å². The molecule has 0 aliphatic carbocycles. The minimum Gasteiger partial charge on any atom is -0.472 e. The van der Waals surface area contributed by atoms with Crippen molar-refractivity contribution >= 4 is 11.6 Å². The summed E-state index contributed by atoms with van der Waals surface area (Å²) >= 11 is 0. The van der Waals surface area contributed by atoms with E-state index in [0.717, 1.165) is 6.42 Å². The van der Waals surface area contributed by atoms with Crippen LogP contribution in [0.2, 0.25) is 0 Å². The lowest BCUT2D eigenvalue weighted by Crippen LogP contribution is -2.39. The Morgan fingerprint density at radius 1 is 1.53 bits per heavy atom. The van der Waals surface area contributed by atoms with Crippen LogP contribution in [0, 0.1) is 10.1 Å². The molecule has 0 unspecified atom stereocenters. The number of hydrogen-bond acceptors (Lipinski definition) is 4. The molecular formula is C11H12N2O4. The van der Waals surface area contributed by atoms with Crippen LogP contribution in [0.15, 0.2) is 18.2 Å². The molecule has 0 N–H and O–H groups in total. The second-order valence-corrected chi connectivity index (χ2v) is 3.78. The highest BCUT2D eigenvalue weighted by molar-refractivity contribution is 5.98. The van der Waals surface area contributed by atoms with Crippen molar-refractivity contribution < 1.29 is 14.5 Å². The average molecular weight is 236 g/mol. The summed E-state index contributed by atoms with van der Waals surface area (Å²) in [6, 6.07) is 4.07. The van der Waals surface area contributed by atoms with Gasteiger partial charge in [-0.2, -0.15) is 0 Å². The van der Waals surface area contributed by atoms with Crippen LogP contribution >= 0.6 is 0 Å². The van der Waals surface area contributed by atoms with Gasteiger partial charge in [0, 0.05) is 18.7 Å². The van der Waals surface area contributed by atoms with Gasteiger partial charge in [0.2, 0.25) is 0 Å². The molecule has 0 spiro atoms. The van der Waals surface area contributed by atoms with Crippen molar-refractivity contribution in [3.8, 4) is 5.75 Å². The normalized spacial score (nSPS) is 14.2. The predicted octanol–water partition coefficient (Wildman–Crippen LogP) is 1.80. The van der Waals surface area contributed by atoms with Gasteiger partial charge in [-0.15, -0.1) is 0 Å². The summed E-state index contributed by atoms with van der Waals surface area (Å²) < 4.78 is 5.38. The fraction of sp³-hybridized carbons (Fsp3) is 0.364. The summed E-state index contributed by atoms with van der Waals surface area (Å²) in [5, 5.41) is 10.6. The Labute approximate surface area is 97.9 Å². The van der Waals surface area contributed by atoms with Gasteiger partial charge < -0.3 is 9.64 Å². The van der Waals surface area contributed by atoms with E-state index in [1.807, 2.05) is 6.92 Å². The smallest absolute Gasteiger partial charge is 0.270 e. The van der Waals surface area contributed by atoms with Crippen LogP contribution in [0.4, 0.5) is 5.69 Å². The second-order valence-electron chi connectivity index (χ2n) is 3.78. The monoisotopic (exact) mass is 236 g/mol. The zero-order chi connectivity index (χ0) is 12.4. The lowest BCUT2D eigenvalue weighted by atomic mass is 10.1. The summed E-state index contributed by atoms with van der Waals surface area (Å²) in [7, 11) is 0. The third-order valence-electron chi connectivity index (χ3n) is 2.56. The lowest BCUT2D eigenvalue weighted by molar-refractivity contribution is -0.384. The van der Waals surface area contributed by atoms with E-state index >= 15 is 0 Å². The van der Waals surface area contributed by atoms with Gasteiger partial charge in [0.1, 0.15) is 5.75 Å². The molecule has 2 rings (SSSR count). The van der Waals surface area contributed by atoms with Crippen molar-refractivity contribution in [3.05, 3.63) is 33.9 Å². The Hall–Kier alpha value is -2.11. The Morgan fingerprint density at radius 2 is 2.29 bits per heavy atom. The first-order chi connectivity index (χ1) is 8.13. The molecule has 1 amide bonds. The van der Waals surface area contributed by atoms with Gasteiger partial charge in [-0.1, -0.05) is 6.92 Å². The van der Waals surface area contributed by atoms with Crippen LogP contribution in [-0.4, -0.2) is 29.0 Å². The molecule has 1 aromatic carbocycles. The third kappa shape index (κ3) is 2.06. The molecule has 0 atom stereocenters. The summed E-state index contributed by atoms with van der Waals surface area (Å²) in [5.74, 6) is 0.199. The van der Waals surface area contributed by atoms with Crippen LogP contribution in [-0.2, 0) is 0 Å². The molecule has 6 heteroatoms. The highest BCUT2D eigenvalue weighted by Gasteiger charge is 2.26. The molecule has 1 heterocycles. The van der Waals surface area contributed by atoms with Crippen LogP contribution in [0.1, 0.15) is 23.7 Å². The largest absolute Gasteiger partial charge is 0.472 e. The maximum atomic E-state index is 12.0. The zero-order valence-corrected chi connectivity index (χ0v) is 9.38. The van der Waals surface area contributed by atoms with Gasteiger partial charge in [0.25, 0.3) is 11.6 Å². The van der Waals surface area contributed by atoms with E-state index in [1.54, 1.807) is 0 Å². The lowest BCUT2D eigenvalue weighted by Gasteiger charge is -2.28. The van der Waals surface area contributed by atoms with Gasteiger partial charge in [-0.3, -0.25) is 14.9 Å². The highest BCUT2D eigenvalue weighted by atomic mass is 16.6. The molecule has 0 radical (unpaired) electrons. The number of carbonyl (C=O) groups excluding carboxylic acids is 1. The molecule has 1 aliphatic heterocycles. The number of rotatable bonds is 3. The van der Waals surface area contributed by atoms with Crippen LogP contribution in [0.3, 0.4) is 0 Å². The highest BCUT2D eigenvalue weighted by Crippen LogP contribution is 2.28. The molecule has 0 fully saturated rings. The summed E-state index contributed by atoms with van der Waals surface area (Å²) in [4.78, 5) is 23.7. The second kappa shape index (κ2) is 4.40. The van der Waals surface area contributed by atoms with Crippen molar-refractivity contribution in [2.75, 3.05) is 13.3 Å². The zero-order valence-electron chi connectivity index (χ0n) is 9.38. The van der Waals surface area contributed by atoms with Crippen molar-refractivity contribution in [1.29, 1.82) is 0 Å². The number of hydrogen-bond donors (Lipinski definition) is 0. The van der Waals surface area contributed by atoms with E-state index in [-0.39, 0.29) is 23.9 Å². The molecule has 0 aromatic heterocycles. The van der Waals surface area contributed by atoms with E-state index in [1.165, 1.54) is 23.1 Å². The number of amides is 1. The molecule has 90 valence electrons. The van der Waals surface area contributed by atoms with Crippen molar-refractivity contribution in [2.45, 2.75) is 13.3 Å². The quantitative estimate of drug-likeness (QED) is 0.592. The molecule has 1 aromatic rings. The molecule has 17 heavy (non-hydrogen) atoms. The Morgan fingerprint density at radius 3 is 2.94 bits per heavy atom. The Kier molecular flexibility index (Phi) is 2.95. The number of ether oxygens (including phenoxy) is 1. The fourth-order valence-electron chi connectivity index (χ4n) is 1.74. The minimum absolute atomic E-state index is 0.0981. The Balaban J connectivity index is 2.36. The number of non-ortho nitro benzene ring substituents is 1. The van der Waals surface area contributed by atoms with Gasteiger partial charge in [0.15, 0.2) is 6.73 Å². The number of carbonyl (C=O) groups is 1. The van der Waals surface area contributed by atoms with E-state index in [0.29, 0.717) is 12.3 Å². The summed E-state index contributed by atoms with van der Waals surface area (Å²) in [6.45, 7) is 2.74. The van der Waals surface area contributed by atoms with Crippen LogP contribution in [0.25, 0.3) is 0 Å². The summed E-state index contributed by atoms with van der Waals surface area (Å²) in [5.41, 5.74) is 0.165. The van der Waals surface area contributed by atoms with Crippen molar-refractivity contribution in [1.82, 2.24) is 4.90 Å². The van der Waals surface area contributed by atoms with Crippen LogP contribution in [0.5, 0.6) is 5.75 Å². The summed E-state index contributed by atoms with van der Waals surface area (Å²) in [6.07, 6.45) is 0.819. The third-order valence-corrected chi connectivity index (χ3v) is 2.56. The average Bonchev–Trinajstić information content (AvgIpc) is 2.32. The number of benzene rings is 1.